The van der Waals surface area contributed by atoms with Crippen LogP contribution < -0.4 is 11.1 Å². The lowest BCUT2D eigenvalue weighted by atomic mass is 10.1. The first-order valence-electron chi connectivity index (χ1n) is 4.30. The maximum atomic E-state index is 10.8. The van der Waals surface area contributed by atoms with Crippen LogP contribution >= 0.6 is 0 Å². The van der Waals surface area contributed by atoms with E-state index in [-0.39, 0.29) is 5.91 Å². The standard InChI is InChI=1S/C6H14N2O.C2HF3O2/c1-4-8-5(9)6(2,3)7;3-2(4,5)1(6)7/h4,7H2,1-3H3,(H,8,9);(H,6,7). The summed E-state index contributed by atoms with van der Waals surface area (Å²) in [6.45, 7) is 5.86. The van der Waals surface area contributed by atoms with Gasteiger partial charge in [-0.25, -0.2) is 4.79 Å². The van der Waals surface area contributed by atoms with Crippen molar-refractivity contribution >= 4 is 11.9 Å². The van der Waals surface area contributed by atoms with Gasteiger partial charge in [0.05, 0.1) is 5.54 Å². The molecule has 0 spiro atoms. The molecule has 0 aliphatic rings. The Morgan fingerprint density at radius 1 is 1.31 bits per heavy atom. The van der Waals surface area contributed by atoms with Gasteiger partial charge in [-0.3, -0.25) is 4.79 Å². The number of halogens is 3. The summed E-state index contributed by atoms with van der Waals surface area (Å²) in [5, 5.41) is 9.75. The van der Waals surface area contributed by atoms with Crippen molar-refractivity contribution in [2.24, 2.45) is 5.73 Å². The average molecular weight is 244 g/mol. The van der Waals surface area contributed by atoms with E-state index in [0.717, 1.165) is 0 Å². The number of aliphatic carboxylic acids is 1. The lowest BCUT2D eigenvalue weighted by Crippen LogP contribution is -2.48. The van der Waals surface area contributed by atoms with Gasteiger partial charge in [-0.05, 0) is 20.8 Å². The highest BCUT2D eigenvalue weighted by molar-refractivity contribution is 5.84. The van der Waals surface area contributed by atoms with E-state index in [9.17, 15) is 18.0 Å². The lowest BCUT2D eigenvalue weighted by molar-refractivity contribution is -0.192. The highest BCUT2D eigenvalue weighted by Gasteiger charge is 2.38. The minimum atomic E-state index is -5.08. The van der Waals surface area contributed by atoms with Gasteiger partial charge in [0, 0.05) is 6.54 Å². The summed E-state index contributed by atoms with van der Waals surface area (Å²) in [5.41, 5.74) is 4.71. The topological polar surface area (TPSA) is 92.4 Å². The number of likely N-dealkylation sites (N-methyl/N-ethyl adjacent to an activating group) is 1. The molecule has 0 heterocycles. The van der Waals surface area contributed by atoms with Gasteiger partial charge in [-0.15, -0.1) is 0 Å². The molecular weight excluding hydrogens is 229 g/mol. The zero-order valence-corrected chi connectivity index (χ0v) is 9.18. The van der Waals surface area contributed by atoms with Crippen molar-refractivity contribution in [2.45, 2.75) is 32.5 Å². The van der Waals surface area contributed by atoms with Gasteiger partial charge in [0.2, 0.25) is 5.91 Å². The minimum absolute atomic E-state index is 0.106. The van der Waals surface area contributed by atoms with Crippen molar-refractivity contribution in [2.75, 3.05) is 6.54 Å². The summed E-state index contributed by atoms with van der Waals surface area (Å²) >= 11 is 0. The van der Waals surface area contributed by atoms with Gasteiger partial charge in [-0.2, -0.15) is 13.2 Å². The van der Waals surface area contributed by atoms with Crippen LogP contribution in [0.2, 0.25) is 0 Å². The number of carbonyl (C=O) groups excluding carboxylic acids is 1. The van der Waals surface area contributed by atoms with Crippen LogP contribution in [0.15, 0.2) is 0 Å². The molecule has 0 saturated heterocycles. The quantitative estimate of drug-likeness (QED) is 0.659. The Morgan fingerprint density at radius 2 is 1.62 bits per heavy atom. The Balaban J connectivity index is 0. The molecule has 0 unspecified atom stereocenters. The maximum Gasteiger partial charge on any atom is 0.490 e. The molecular formula is C8H15F3N2O3. The van der Waals surface area contributed by atoms with E-state index in [1.807, 2.05) is 6.92 Å². The number of hydrogen-bond donors (Lipinski definition) is 3. The van der Waals surface area contributed by atoms with Crippen LogP contribution in [0.25, 0.3) is 0 Å². The van der Waals surface area contributed by atoms with E-state index < -0.39 is 17.7 Å². The van der Waals surface area contributed by atoms with E-state index in [4.69, 9.17) is 15.6 Å². The molecule has 0 aromatic rings. The molecule has 0 aromatic heterocycles. The third-order valence-corrected chi connectivity index (χ3v) is 1.17. The molecule has 0 radical (unpaired) electrons. The highest BCUT2D eigenvalue weighted by Crippen LogP contribution is 2.13. The first-order chi connectivity index (χ1) is 6.92. The van der Waals surface area contributed by atoms with Gasteiger partial charge >= 0.3 is 12.1 Å². The smallest absolute Gasteiger partial charge is 0.475 e. The van der Waals surface area contributed by atoms with Gasteiger partial charge in [0.15, 0.2) is 0 Å². The Kier molecular flexibility index (Phi) is 6.74. The number of amides is 1. The van der Waals surface area contributed by atoms with Crippen LogP contribution in [0.5, 0.6) is 0 Å². The summed E-state index contributed by atoms with van der Waals surface area (Å²) in [4.78, 5) is 19.7. The summed E-state index contributed by atoms with van der Waals surface area (Å²) in [5.74, 6) is -2.86. The van der Waals surface area contributed by atoms with E-state index in [2.05, 4.69) is 5.32 Å². The van der Waals surface area contributed by atoms with Crippen molar-refractivity contribution in [1.29, 1.82) is 0 Å². The predicted octanol–water partition coefficient (Wildman–Crippen LogP) is 0.493. The maximum absolute atomic E-state index is 10.8. The summed E-state index contributed by atoms with van der Waals surface area (Å²) in [6.07, 6.45) is -5.08. The van der Waals surface area contributed by atoms with Crippen molar-refractivity contribution in [3.05, 3.63) is 0 Å². The zero-order chi connectivity index (χ0) is 13.6. The van der Waals surface area contributed by atoms with Crippen molar-refractivity contribution < 1.29 is 27.9 Å². The number of carboxylic acid groups (broad SMARTS) is 1. The molecule has 16 heavy (non-hydrogen) atoms. The van der Waals surface area contributed by atoms with E-state index >= 15 is 0 Å². The first kappa shape index (κ1) is 17.1. The normalized spacial score (nSPS) is 11.2. The molecule has 1 amide bonds. The van der Waals surface area contributed by atoms with E-state index in [1.165, 1.54) is 0 Å². The molecule has 0 rings (SSSR count). The number of hydrogen-bond acceptors (Lipinski definition) is 3. The summed E-state index contributed by atoms with van der Waals surface area (Å²) in [6, 6.07) is 0. The zero-order valence-electron chi connectivity index (χ0n) is 9.18. The number of carboxylic acids is 1. The second kappa shape index (κ2) is 6.31. The van der Waals surface area contributed by atoms with Crippen LogP contribution in [0.1, 0.15) is 20.8 Å². The van der Waals surface area contributed by atoms with E-state index in [0.29, 0.717) is 6.54 Å². The third-order valence-electron chi connectivity index (χ3n) is 1.17. The first-order valence-corrected chi connectivity index (χ1v) is 4.30. The molecule has 0 aliphatic heterocycles. The Bertz CT molecular complexity index is 246. The van der Waals surface area contributed by atoms with Gasteiger partial charge in [0.1, 0.15) is 0 Å². The number of nitrogens with one attached hydrogen (secondary N) is 1. The molecule has 0 aromatic carbocycles. The Morgan fingerprint density at radius 3 is 1.69 bits per heavy atom. The third kappa shape index (κ3) is 9.25. The highest BCUT2D eigenvalue weighted by atomic mass is 19.4. The number of alkyl halides is 3. The van der Waals surface area contributed by atoms with E-state index in [1.54, 1.807) is 13.8 Å². The SMILES string of the molecule is CCNC(=O)C(C)(C)N.O=C(O)C(F)(F)F. The number of carbonyl (C=O) groups is 2. The molecule has 8 heteroatoms. The van der Waals surface area contributed by atoms with Crippen LogP contribution in [-0.4, -0.2) is 35.2 Å². The summed E-state index contributed by atoms with van der Waals surface area (Å²) in [7, 11) is 0. The molecule has 0 bridgehead atoms. The molecule has 96 valence electrons. The fraction of sp³-hybridized carbons (Fsp3) is 0.750. The molecule has 0 aliphatic carbocycles. The van der Waals surface area contributed by atoms with Crippen LogP contribution in [0, 0.1) is 0 Å². The van der Waals surface area contributed by atoms with Gasteiger partial charge in [0.25, 0.3) is 0 Å². The predicted molar refractivity (Wildman–Crippen MR) is 50.6 cm³/mol. The Labute approximate surface area is 90.8 Å². The van der Waals surface area contributed by atoms with Crippen LogP contribution in [-0.2, 0) is 9.59 Å². The second-order valence-electron chi connectivity index (χ2n) is 3.38. The minimum Gasteiger partial charge on any atom is -0.475 e. The van der Waals surface area contributed by atoms with Gasteiger partial charge < -0.3 is 16.2 Å². The fourth-order valence-corrected chi connectivity index (χ4v) is 0.388. The number of nitrogens with two attached hydrogens (primary N) is 1. The summed E-state index contributed by atoms with van der Waals surface area (Å²) < 4.78 is 31.7. The average Bonchev–Trinajstić information content (AvgIpc) is 2.02. The van der Waals surface area contributed by atoms with Crippen LogP contribution in [0.3, 0.4) is 0 Å². The molecule has 4 N–H and O–H groups in total. The van der Waals surface area contributed by atoms with Gasteiger partial charge in [-0.1, -0.05) is 0 Å². The van der Waals surface area contributed by atoms with Crippen molar-refractivity contribution in [1.82, 2.24) is 5.32 Å². The fourth-order valence-electron chi connectivity index (χ4n) is 0.388. The molecule has 5 nitrogen and oxygen atoms in total. The Hall–Kier alpha value is -1.31. The molecule has 0 saturated carbocycles. The molecule has 0 atom stereocenters. The number of rotatable bonds is 2. The monoisotopic (exact) mass is 244 g/mol. The van der Waals surface area contributed by atoms with Crippen molar-refractivity contribution in [3.63, 3.8) is 0 Å². The van der Waals surface area contributed by atoms with Crippen molar-refractivity contribution in [3.8, 4) is 0 Å². The molecule has 0 fully saturated rings. The second-order valence-corrected chi connectivity index (χ2v) is 3.38. The van der Waals surface area contributed by atoms with Crippen LogP contribution in [0.4, 0.5) is 13.2 Å². The lowest BCUT2D eigenvalue weighted by Gasteiger charge is -2.16. The largest absolute Gasteiger partial charge is 0.490 e.